The normalized spacial score (nSPS) is 18.0. The predicted molar refractivity (Wildman–Crippen MR) is 172 cm³/mol. The van der Waals surface area contributed by atoms with Crippen molar-refractivity contribution in [3.63, 3.8) is 0 Å². The average Bonchev–Trinajstić information content (AvgIpc) is 3.79. The summed E-state index contributed by atoms with van der Waals surface area (Å²) in [6.45, 7) is 3.71. The number of imidazole rings is 1. The van der Waals surface area contributed by atoms with Crippen LogP contribution in [-0.2, 0) is 11.2 Å². The van der Waals surface area contributed by atoms with Gasteiger partial charge in [-0.3, -0.25) is 9.20 Å². The molecule has 14 heteroatoms. The molecular formula is C32H31FN10O2S. The van der Waals surface area contributed by atoms with Gasteiger partial charge in [-0.15, -0.1) is 0 Å². The maximum atomic E-state index is 13.5. The van der Waals surface area contributed by atoms with E-state index in [2.05, 4.69) is 26.7 Å². The summed E-state index contributed by atoms with van der Waals surface area (Å²) in [5.41, 5.74) is 4.57. The second kappa shape index (κ2) is 12.1. The molecule has 1 amide bonds. The largest absolute Gasteiger partial charge is 0.392 e. The van der Waals surface area contributed by atoms with Crippen molar-refractivity contribution in [3.8, 4) is 28.5 Å². The number of thiazole rings is 1. The first-order valence-electron chi connectivity index (χ1n) is 15.0. The third-order valence-electron chi connectivity index (χ3n) is 8.34. The number of aromatic nitrogens is 5. The lowest BCUT2D eigenvalue weighted by molar-refractivity contribution is -0.123. The zero-order valence-electron chi connectivity index (χ0n) is 25.2. The van der Waals surface area contributed by atoms with E-state index in [9.17, 15) is 19.6 Å². The van der Waals surface area contributed by atoms with Gasteiger partial charge in [-0.05, 0) is 49.2 Å². The molecule has 0 spiro atoms. The molecule has 0 bridgehead atoms. The van der Waals surface area contributed by atoms with Gasteiger partial charge in [0.25, 0.3) is 0 Å². The van der Waals surface area contributed by atoms with E-state index in [4.69, 9.17) is 9.97 Å². The predicted octanol–water partition coefficient (Wildman–Crippen LogP) is 3.28. The lowest BCUT2D eigenvalue weighted by Crippen LogP contribution is -2.61. The highest BCUT2D eigenvalue weighted by Crippen LogP contribution is 2.37. The molecule has 7 rings (SSSR count). The van der Waals surface area contributed by atoms with E-state index in [0.717, 1.165) is 28.3 Å². The fraction of sp³-hybridized carbons (Fsp3) is 0.312. The highest BCUT2D eigenvalue weighted by atomic mass is 32.1. The summed E-state index contributed by atoms with van der Waals surface area (Å²) < 4.78 is 15.5. The van der Waals surface area contributed by atoms with Crippen LogP contribution in [0.15, 0.2) is 55.0 Å². The van der Waals surface area contributed by atoms with Gasteiger partial charge in [0.15, 0.2) is 5.13 Å². The molecule has 12 nitrogen and oxygen atoms in total. The zero-order chi connectivity index (χ0) is 31.9. The first kappa shape index (κ1) is 29.7. The number of pyridine rings is 1. The number of aliphatic hydroxyl groups excluding tert-OH is 1. The minimum Gasteiger partial charge on any atom is -0.392 e. The Hall–Kier alpha value is -4.97. The summed E-state index contributed by atoms with van der Waals surface area (Å²) >= 11 is 1.27. The Morgan fingerprint density at radius 3 is 2.57 bits per heavy atom. The highest BCUT2D eigenvalue weighted by molar-refractivity contribution is 7.16. The molecule has 0 aliphatic carbocycles. The molecule has 1 aromatic carbocycles. The van der Waals surface area contributed by atoms with Gasteiger partial charge in [0.1, 0.15) is 33.9 Å². The van der Waals surface area contributed by atoms with Crippen molar-refractivity contribution in [1.29, 1.82) is 5.26 Å². The molecular weight excluding hydrogens is 607 g/mol. The minimum absolute atomic E-state index is 0.0102. The third-order valence-corrected chi connectivity index (χ3v) is 9.38. The summed E-state index contributed by atoms with van der Waals surface area (Å²) in [5, 5.41) is 26.2. The number of nitrogens with zero attached hydrogens (tertiary/aromatic N) is 8. The number of nitriles is 1. The number of carbonyl (C=O) groups excluding carboxylic acids is 1. The van der Waals surface area contributed by atoms with Crippen LogP contribution in [0.25, 0.3) is 28.0 Å². The number of hydrogen-bond donors (Lipinski definition) is 3. The number of anilines is 3. The Balaban J connectivity index is 1.10. The summed E-state index contributed by atoms with van der Waals surface area (Å²) in [7, 11) is 1.90. The van der Waals surface area contributed by atoms with Crippen LogP contribution in [0.2, 0.25) is 0 Å². The number of β-amino-alcohol motifs (C(OH)–C–C–N with tert-alkyl or cyclic N) is 1. The smallest absolute Gasteiger partial charge is 0.237 e. The molecule has 3 N–H and O–H groups in total. The fourth-order valence-electron chi connectivity index (χ4n) is 5.85. The van der Waals surface area contributed by atoms with E-state index in [1.54, 1.807) is 24.5 Å². The van der Waals surface area contributed by atoms with Crippen molar-refractivity contribution in [2.75, 3.05) is 36.5 Å². The lowest BCUT2D eigenvalue weighted by Gasteiger charge is -2.39. The summed E-state index contributed by atoms with van der Waals surface area (Å²) in [4.78, 5) is 35.6. The molecule has 2 unspecified atom stereocenters. The number of halogens is 1. The lowest BCUT2D eigenvalue weighted by atomic mass is 10.1. The molecule has 2 saturated heterocycles. The topological polar surface area (TPSA) is 148 Å². The molecule has 4 aromatic heterocycles. The molecule has 2 aliphatic heterocycles. The first-order valence-corrected chi connectivity index (χ1v) is 15.8. The molecule has 234 valence electrons. The number of hydrogen-bond acceptors (Lipinski definition) is 11. The Labute approximate surface area is 268 Å². The molecule has 5 aromatic rings. The number of benzene rings is 1. The van der Waals surface area contributed by atoms with Crippen LogP contribution >= 0.6 is 11.3 Å². The van der Waals surface area contributed by atoms with Gasteiger partial charge in [-0.2, -0.15) is 5.26 Å². The summed E-state index contributed by atoms with van der Waals surface area (Å²) in [6, 6.07) is 11.8. The average molecular weight is 639 g/mol. The van der Waals surface area contributed by atoms with Crippen molar-refractivity contribution in [2.45, 2.75) is 38.0 Å². The van der Waals surface area contributed by atoms with Crippen LogP contribution in [0.5, 0.6) is 0 Å². The quantitative estimate of drug-likeness (QED) is 0.231. The standard InChI is InChI=1S/C32H31FN10O2S/c1-3-24-30(41(2)32-40-28(26(11-34)46-32)18-4-7-21(33)8-5-18)43-15-19(6-9-27(43)39-24)20-12-36-31(37-13-20)42-16-22(17-42)38-29(45)25-10-23(44)14-35-25/h4-9,12-13,15,22-23,25,35,44H,3,10,14,16-17H2,1-2H3,(H,38,45). The van der Waals surface area contributed by atoms with Crippen LogP contribution in [0.3, 0.4) is 0 Å². The number of carbonyl (C=O) groups is 1. The van der Waals surface area contributed by atoms with E-state index in [0.29, 0.717) is 59.7 Å². The van der Waals surface area contributed by atoms with Gasteiger partial charge >= 0.3 is 0 Å². The summed E-state index contributed by atoms with van der Waals surface area (Å²) in [5.74, 6) is 0.989. The number of aliphatic hydroxyl groups is 1. The number of amides is 1. The van der Waals surface area contributed by atoms with Crippen LogP contribution in [0.1, 0.15) is 23.9 Å². The number of fused-ring (bicyclic) bond motifs is 1. The Kier molecular flexibility index (Phi) is 7.81. The van der Waals surface area contributed by atoms with Gasteiger partial charge in [0, 0.05) is 62.0 Å². The van der Waals surface area contributed by atoms with Gasteiger partial charge < -0.3 is 25.5 Å². The van der Waals surface area contributed by atoms with E-state index >= 15 is 0 Å². The van der Waals surface area contributed by atoms with Crippen molar-refractivity contribution >= 4 is 39.8 Å². The molecule has 2 aliphatic rings. The Morgan fingerprint density at radius 2 is 1.89 bits per heavy atom. The van der Waals surface area contributed by atoms with E-state index in [1.807, 2.05) is 46.5 Å². The van der Waals surface area contributed by atoms with Crippen LogP contribution < -0.4 is 20.4 Å². The number of nitrogens with one attached hydrogen (secondary N) is 2. The first-order chi connectivity index (χ1) is 22.3. The SMILES string of the molecule is CCc1nc2ccc(-c3cnc(N4CC(NC(=O)C5CC(O)CN5)C4)nc3)cn2c1N(C)c1nc(-c2ccc(F)cc2)c(C#N)s1. The number of aryl methyl sites for hydroxylation is 1. The molecule has 2 fully saturated rings. The number of rotatable bonds is 8. The molecule has 0 saturated carbocycles. The molecule has 6 heterocycles. The van der Waals surface area contributed by atoms with Gasteiger partial charge in [-0.1, -0.05) is 18.3 Å². The van der Waals surface area contributed by atoms with E-state index < -0.39 is 6.10 Å². The fourth-order valence-corrected chi connectivity index (χ4v) is 6.70. The molecule has 2 atom stereocenters. The molecule has 46 heavy (non-hydrogen) atoms. The Morgan fingerprint density at radius 1 is 1.15 bits per heavy atom. The third kappa shape index (κ3) is 5.53. The van der Waals surface area contributed by atoms with Crippen molar-refractivity contribution in [1.82, 2.24) is 35.0 Å². The van der Waals surface area contributed by atoms with Gasteiger partial charge in [0.05, 0.1) is 23.9 Å². The van der Waals surface area contributed by atoms with Gasteiger partial charge in [-0.25, -0.2) is 24.3 Å². The van der Waals surface area contributed by atoms with E-state index in [-0.39, 0.29) is 23.8 Å². The molecule has 0 radical (unpaired) electrons. The van der Waals surface area contributed by atoms with Crippen molar-refractivity contribution in [3.05, 3.63) is 71.4 Å². The Bertz CT molecular complexity index is 1950. The highest BCUT2D eigenvalue weighted by Gasteiger charge is 2.34. The summed E-state index contributed by atoms with van der Waals surface area (Å²) in [6.07, 6.45) is 6.21. The maximum Gasteiger partial charge on any atom is 0.237 e. The van der Waals surface area contributed by atoms with Gasteiger partial charge in [0.2, 0.25) is 11.9 Å². The van der Waals surface area contributed by atoms with Crippen molar-refractivity contribution in [2.24, 2.45) is 0 Å². The second-order valence-electron chi connectivity index (χ2n) is 11.5. The van der Waals surface area contributed by atoms with Crippen LogP contribution in [0, 0.1) is 17.1 Å². The maximum absolute atomic E-state index is 13.5. The monoisotopic (exact) mass is 638 g/mol. The minimum atomic E-state index is -0.478. The van der Waals surface area contributed by atoms with Crippen molar-refractivity contribution < 1.29 is 14.3 Å². The van der Waals surface area contributed by atoms with Crippen LogP contribution in [-0.4, -0.2) is 80.2 Å². The van der Waals surface area contributed by atoms with E-state index in [1.165, 1.54) is 23.5 Å². The zero-order valence-corrected chi connectivity index (χ0v) is 26.0. The second-order valence-corrected chi connectivity index (χ2v) is 12.4. The van der Waals surface area contributed by atoms with Crippen LogP contribution in [0.4, 0.5) is 21.3 Å².